The van der Waals surface area contributed by atoms with Crippen molar-refractivity contribution in [2.45, 2.75) is 38.8 Å². The summed E-state index contributed by atoms with van der Waals surface area (Å²) in [6, 6.07) is 15.6. The zero-order valence-corrected chi connectivity index (χ0v) is 21.5. The predicted molar refractivity (Wildman–Crippen MR) is 139 cm³/mol. The number of aliphatic hydroxyl groups is 1. The monoisotopic (exact) mass is 488 g/mol. The molecule has 7 heteroatoms. The number of nitrogens with zero attached hydrogens (tertiary/aromatic N) is 2. The van der Waals surface area contributed by atoms with Crippen LogP contribution < -0.4 is 9.64 Å². The van der Waals surface area contributed by atoms with Gasteiger partial charge in [0.2, 0.25) is 0 Å². The van der Waals surface area contributed by atoms with Crippen LogP contribution in [0.4, 0.5) is 5.69 Å². The summed E-state index contributed by atoms with van der Waals surface area (Å²) in [5, 5.41) is 11.5. The van der Waals surface area contributed by atoms with Crippen molar-refractivity contribution in [3.63, 3.8) is 0 Å². The maximum absolute atomic E-state index is 13.4. The second kappa shape index (κ2) is 9.57. The molecule has 1 aliphatic heterocycles. The number of ketones is 1. The molecular weight excluding hydrogens is 456 g/mol. The second-order valence-electron chi connectivity index (χ2n) is 10.2. The Balaban J connectivity index is 1.88. The van der Waals surface area contributed by atoms with E-state index < -0.39 is 17.7 Å². The molecule has 3 aromatic rings. The van der Waals surface area contributed by atoms with E-state index in [2.05, 4.69) is 0 Å². The molecule has 1 atom stereocenters. The molecule has 0 radical (unpaired) electrons. The summed E-state index contributed by atoms with van der Waals surface area (Å²) in [7, 11) is 5.48. The van der Waals surface area contributed by atoms with Gasteiger partial charge in [-0.1, -0.05) is 32.9 Å². The Morgan fingerprint density at radius 3 is 2.33 bits per heavy atom. The molecule has 2 heterocycles. The average molecular weight is 489 g/mol. The zero-order chi connectivity index (χ0) is 26.2. The highest BCUT2D eigenvalue weighted by atomic mass is 16.5. The van der Waals surface area contributed by atoms with Crippen LogP contribution in [0.5, 0.6) is 5.75 Å². The number of hydrogen-bond donors (Lipinski definition) is 1. The van der Waals surface area contributed by atoms with Crippen LogP contribution >= 0.6 is 0 Å². The molecule has 2 aromatic carbocycles. The van der Waals surface area contributed by atoms with Crippen LogP contribution in [0.15, 0.2) is 70.9 Å². The Morgan fingerprint density at radius 1 is 1.08 bits per heavy atom. The van der Waals surface area contributed by atoms with E-state index >= 15 is 0 Å². The quantitative estimate of drug-likeness (QED) is 0.289. The molecule has 1 aliphatic rings. The first kappa shape index (κ1) is 25.1. The number of benzene rings is 2. The van der Waals surface area contributed by atoms with Crippen molar-refractivity contribution in [1.82, 2.24) is 4.90 Å². The number of hydrogen-bond acceptors (Lipinski definition) is 6. The third-order valence-corrected chi connectivity index (χ3v) is 6.45. The Hall–Kier alpha value is -4.00. The number of carbonyl (C=O) groups excluding carboxylic acids is 2. The van der Waals surface area contributed by atoms with E-state index in [0.29, 0.717) is 17.1 Å². The average Bonchev–Trinajstić information content (AvgIpc) is 3.45. The third-order valence-electron chi connectivity index (χ3n) is 6.45. The third kappa shape index (κ3) is 4.61. The Kier molecular flexibility index (Phi) is 6.67. The summed E-state index contributed by atoms with van der Waals surface area (Å²) in [5.41, 5.74) is 2.81. The van der Waals surface area contributed by atoms with E-state index in [0.717, 1.165) is 16.8 Å². The summed E-state index contributed by atoms with van der Waals surface area (Å²) >= 11 is 0. The van der Waals surface area contributed by atoms with Gasteiger partial charge < -0.3 is 24.1 Å². The lowest BCUT2D eigenvalue weighted by molar-refractivity contribution is -0.140. The molecule has 188 valence electrons. The maximum Gasteiger partial charge on any atom is 0.296 e. The fraction of sp³-hybridized carbons (Fsp3) is 0.310. The molecule has 1 amide bonds. The molecule has 1 N–H and O–H groups in total. The maximum atomic E-state index is 13.4. The van der Waals surface area contributed by atoms with Gasteiger partial charge in [0.15, 0.2) is 0 Å². The smallest absolute Gasteiger partial charge is 0.296 e. The van der Waals surface area contributed by atoms with E-state index in [4.69, 9.17) is 9.15 Å². The standard InChI is InChI=1S/C29H32N2O5/c1-29(2,3)22-16-19(11-14-23(22)35-6)26(32)24-25(18-9-12-20(13-10-18)30(4)5)31(28(34)27(24)33)17-21-8-7-15-36-21/h7-16,25,32H,17H2,1-6H3/b26-24-. The highest BCUT2D eigenvalue weighted by Crippen LogP contribution is 2.42. The lowest BCUT2D eigenvalue weighted by atomic mass is 9.84. The fourth-order valence-corrected chi connectivity index (χ4v) is 4.51. The number of methoxy groups -OCH3 is 1. The first-order chi connectivity index (χ1) is 17.0. The molecule has 0 saturated carbocycles. The van der Waals surface area contributed by atoms with Crippen LogP contribution in [-0.2, 0) is 21.5 Å². The SMILES string of the molecule is COc1ccc(/C(O)=C2/C(=O)C(=O)N(Cc3ccco3)C2c2ccc(N(C)C)cc2)cc1C(C)(C)C. The van der Waals surface area contributed by atoms with Crippen molar-refractivity contribution in [2.24, 2.45) is 0 Å². The molecule has 1 fully saturated rings. The van der Waals surface area contributed by atoms with Gasteiger partial charge in [0.25, 0.3) is 11.7 Å². The van der Waals surface area contributed by atoms with Gasteiger partial charge in [0.1, 0.15) is 17.3 Å². The van der Waals surface area contributed by atoms with Gasteiger partial charge in [-0.3, -0.25) is 9.59 Å². The summed E-state index contributed by atoms with van der Waals surface area (Å²) in [6.45, 7) is 6.24. The molecule has 36 heavy (non-hydrogen) atoms. The van der Waals surface area contributed by atoms with E-state index in [1.807, 2.05) is 70.1 Å². The number of furan rings is 1. The molecule has 4 rings (SSSR count). The molecule has 1 unspecified atom stereocenters. The largest absolute Gasteiger partial charge is 0.507 e. The summed E-state index contributed by atoms with van der Waals surface area (Å²) in [4.78, 5) is 30.0. The van der Waals surface area contributed by atoms with Gasteiger partial charge in [-0.25, -0.2) is 0 Å². The van der Waals surface area contributed by atoms with E-state index in [1.165, 1.54) is 11.2 Å². The Bertz CT molecular complexity index is 1300. The topological polar surface area (TPSA) is 83.2 Å². The summed E-state index contributed by atoms with van der Waals surface area (Å²) < 4.78 is 11.0. The van der Waals surface area contributed by atoms with Crippen LogP contribution in [0.25, 0.3) is 5.76 Å². The van der Waals surface area contributed by atoms with Crippen molar-refractivity contribution in [3.8, 4) is 5.75 Å². The van der Waals surface area contributed by atoms with Gasteiger partial charge >= 0.3 is 0 Å². The summed E-state index contributed by atoms with van der Waals surface area (Å²) in [5.74, 6) is -0.391. The first-order valence-corrected chi connectivity index (χ1v) is 11.8. The van der Waals surface area contributed by atoms with Crippen LogP contribution in [0.2, 0.25) is 0 Å². The minimum Gasteiger partial charge on any atom is -0.507 e. The summed E-state index contributed by atoms with van der Waals surface area (Å²) in [6.07, 6.45) is 1.53. The van der Waals surface area contributed by atoms with E-state index in [1.54, 1.807) is 31.4 Å². The van der Waals surface area contributed by atoms with Gasteiger partial charge in [-0.15, -0.1) is 0 Å². The molecule has 7 nitrogen and oxygen atoms in total. The predicted octanol–water partition coefficient (Wildman–Crippen LogP) is 5.27. The van der Waals surface area contributed by atoms with Crippen LogP contribution in [0.3, 0.4) is 0 Å². The molecule has 0 bridgehead atoms. The van der Waals surface area contributed by atoms with Gasteiger partial charge in [-0.2, -0.15) is 0 Å². The number of ether oxygens (including phenoxy) is 1. The molecule has 0 aliphatic carbocycles. The van der Waals surface area contributed by atoms with E-state index in [-0.39, 0.29) is 23.3 Å². The van der Waals surface area contributed by atoms with Crippen molar-refractivity contribution >= 4 is 23.1 Å². The van der Waals surface area contributed by atoms with Crippen molar-refractivity contribution < 1.29 is 23.8 Å². The lowest BCUT2D eigenvalue weighted by Gasteiger charge is -2.26. The number of likely N-dealkylation sites (tertiary alicyclic amines) is 1. The first-order valence-electron chi connectivity index (χ1n) is 11.8. The van der Waals surface area contributed by atoms with Gasteiger partial charge in [0.05, 0.1) is 31.5 Å². The molecule has 0 spiro atoms. The minimum atomic E-state index is -0.772. The van der Waals surface area contributed by atoms with Gasteiger partial charge in [-0.05, 0) is 53.4 Å². The number of anilines is 1. The highest BCUT2D eigenvalue weighted by Gasteiger charge is 2.46. The number of aliphatic hydroxyl groups excluding tert-OH is 1. The lowest BCUT2D eigenvalue weighted by Crippen LogP contribution is -2.29. The molecule has 1 aromatic heterocycles. The highest BCUT2D eigenvalue weighted by molar-refractivity contribution is 6.46. The van der Waals surface area contributed by atoms with Gasteiger partial charge in [0, 0.05) is 30.9 Å². The van der Waals surface area contributed by atoms with Crippen LogP contribution in [0.1, 0.15) is 49.3 Å². The molecule has 1 saturated heterocycles. The molecular formula is C29H32N2O5. The second-order valence-corrected chi connectivity index (χ2v) is 10.2. The van der Waals surface area contributed by atoms with Crippen molar-refractivity contribution in [1.29, 1.82) is 0 Å². The van der Waals surface area contributed by atoms with Crippen molar-refractivity contribution in [3.05, 3.63) is 88.9 Å². The Morgan fingerprint density at radius 2 is 1.78 bits per heavy atom. The number of amides is 1. The fourth-order valence-electron chi connectivity index (χ4n) is 4.51. The van der Waals surface area contributed by atoms with E-state index in [9.17, 15) is 14.7 Å². The van der Waals surface area contributed by atoms with Crippen molar-refractivity contribution in [2.75, 3.05) is 26.1 Å². The number of rotatable bonds is 6. The normalized spacial score (nSPS) is 17.5. The van der Waals surface area contributed by atoms with Crippen LogP contribution in [0, 0.1) is 0 Å². The Labute approximate surface area is 211 Å². The van der Waals surface area contributed by atoms with Crippen LogP contribution in [-0.4, -0.2) is 42.9 Å². The number of carbonyl (C=O) groups is 2. The zero-order valence-electron chi connectivity index (χ0n) is 21.5. The number of Topliss-reactive ketones (excluding diaryl/α,β-unsaturated/α-hetero) is 1. The minimum absolute atomic E-state index is 0.0502.